The van der Waals surface area contributed by atoms with E-state index in [4.69, 9.17) is 5.11 Å². The fraction of sp³-hybridized carbons (Fsp3) is 0.462. The lowest BCUT2D eigenvalue weighted by Gasteiger charge is -2.23. The van der Waals surface area contributed by atoms with Crippen molar-refractivity contribution in [1.29, 1.82) is 0 Å². The third-order valence-corrected chi connectivity index (χ3v) is 2.91. The van der Waals surface area contributed by atoms with Gasteiger partial charge >= 0.3 is 5.97 Å². The molecule has 0 aliphatic rings. The number of carboxylic acid groups (broad SMARTS) is 1. The minimum Gasteiger partial charge on any atom is -0.481 e. The number of carbonyl (C=O) groups is 1. The minimum atomic E-state index is -0.767. The number of aliphatic carboxylic acids is 1. The van der Waals surface area contributed by atoms with Crippen LogP contribution in [0.4, 0.5) is 0 Å². The van der Waals surface area contributed by atoms with Crippen molar-refractivity contribution in [1.82, 2.24) is 4.90 Å². The van der Waals surface area contributed by atoms with Crippen LogP contribution in [-0.2, 0) is 4.79 Å². The van der Waals surface area contributed by atoms with Gasteiger partial charge in [0.1, 0.15) is 0 Å². The first-order chi connectivity index (χ1) is 7.41. The molecule has 0 bridgehead atoms. The first kappa shape index (κ1) is 12.7. The molecule has 16 heavy (non-hydrogen) atoms. The van der Waals surface area contributed by atoms with E-state index in [-0.39, 0.29) is 12.5 Å². The van der Waals surface area contributed by atoms with Crippen molar-refractivity contribution in [3.8, 4) is 0 Å². The summed E-state index contributed by atoms with van der Waals surface area (Å²) in [6.45, 7) is 4.10. The van der Waals surface area contributed by atoms with Crippen molar-refractivity contribution in [2.45, 2.75) is 26.3 Å². The summed E-state index contributed by atoms with van der Waals surface area (Å²) in [6.07, 6.45) is 0.134. The summed E-state index contributed by atoms with van der Waals surface area (Å²) in [6, 6.07) is 6.07. The Balaban J connectivity index is 3.01. The van der Waals surface area contributed by atoms with E-state index in [1.165, 1.54) is 11.1 Å². The van der Waals surface area contributed by atoms with Crippen LogP contribution >= 0.6 is 0 Å². The molecule has 1 atom stereocenters. The van der Waals surface area contributed by atoms with Crippen molar-refractivity contribution in [3.05, 3.63) is 34.9 Å². The fourth-order valence-electron chi connectivity index (χ4n) is 1.74. The summed E-state index contributed by atoms with van der Waals surface area (Å²) in [5, 5.41) is 8.89. The van der Waals surface area contributed by atoms with Gasteiger partial charge in [-0.1, -0.05) is 18.2 Å². The topological polar surface area (TPSA) is 40.5 Å². The number of nitrogens with zero attached hydrogens (tertiary/aromatic N) is 1. The van der Waals surface area contributed by atoms with Crippen molar-refractivity contribution < 1.29 is 9.90 Å². The molecule has 0 aromatic heterocycles. The predicted octanol–water partition coefficient (Wildman–Crippen LogP) is 2.38. The molecule has 3 heteroatoms. The van der Waals surface area contributed by atoms with Gasteiger partial charge < -0.3 is 10.0 Å². The molecule has 3 nitrogen and oxygen atoms in total. The smallest absolute Gasteiger partial charge is 0.305 e. The highest BCUT2D eigenvalue weighted by atomic mass is 16.4. The maximum absolute atomic E-state index is 10.8. The van der Waals surface area contributed by atoms with Gasteiger partial charge in [0, 0.05) is 6.04 Å². The Bertz CT molecular complexity index is 386. The van der Waals surface area contributed by atoms with Crippen LogP contribution in [0.3, 0.4) is 0 Å². The lowest BCUT2D eigenvalue weighted by Crippen LogP contribution is -2.22. The molecule has 1 unspecified atom stereocenters. The molecule has 1 aromatic carbocycles. The van der Waals surface area contributed by atoms with Gasteiger partial charge in [0.25, 0.3) is 0 Å². The largest absolute Gasteiger partial charge is 0.481 e. The summed E-state index contributed by atoms with van der Waals surface area (Å²) < 4.78 is 0. The standard InChI is InChI=1S/C13H19NO2/c1-9-5-6-11(7-10(9)2)12(14(3)4)8-13(15)16/h5-7,12H,8H2,1-4H3,(H,15,16). The van der Waals surface area contributed by atoms with Crippen molar-refractivity contribution in [2.24, 2.45) is 0 Å². The summed E-state index contributed by atoms with van der Waals surface area (Å²) in [5.74, 6) is -0.767. The van der Waals surface area contributed by atoms with Crippen molar-refractivity contribution >= 4 is 5.97 Å². The first-order valence-electron chi connectivity index (χ1n) is 5.37. The average molecular weight is 221 g/mol. The lowest BCUT2D eigenvalue weighted by atomic mass is 9.98. The molecular formula is C13H19NO2. The Hall–Kier alpha value is -1.35. The molecule has 0 heterocycles. The molecule has 0 amide bonds. The number of aryl methyl sites for hydroxylation is 2. The van der Waals surface area contributed by atoms with Gasteiger partial charge in [0.05, 0.1) is 6.42 Å². The number of hydrogen-bond donors (Lipinski definition) is 1. The van der Waals surface area contributed by atoms with Gasteiger partial charge in [-0.05, 0) is 44.6 Å². The van der Waals surface area contributed by atoms with Crippen LogP contribution in [0, 0.1) is 13.8 Å². The molecule has 0 radical (unpaired) electrons. The Morgan fingerprint density at radius 1 is 1.31 bits per heavy atom. The quantitative estimate of drug-likeness (QED) is 0.848. The van der Waals surface area contributed by atoms with Crippen molar-refractivity contribution in [3.63, 3.8) is 0 Å². The first-order valence-corrected chi connectivity index (χ1v) is 5.37. The highest BCUT2D eigenvalue weighted by molar-refractivity contribution is 5.68. The van der Waals surface area contributed by atoms with Crippen LogP contribution < -0.4 is 0 Å². The molecule has 0 saturated heterocycles. The van der Waals surface area contributed by atoms with Gasteiger partial charge in [-0.15, -0.1) is 0 Å². The summed E-state index contributed by atoms with van der Waals surface area (Å²) in [4.78, 5) is 12.8. The molecule has 1 rings (SSSR count). The second-order valence-corrected chi connectivity index (χ2v) is 4.42. The zero-order chi connectivity index (χ0) is 12.3. The predicted molar refractivity (Wildman–Crippen MR) is 64.6 cm³/mol. The fourth-order valence-corrected chi connectivity index (χ4v) is 1.74. The maximum atomic E-state index is 10.8. The Labute approximate surface area is 96.7 Å². The van der Waals surface area contributed by atoms with Crippen LogP contribution in [0.5, 0.6) is 0 Å². The van der Waals surface area contributed by atoms with E-state index < -0.39 is 5.97 Å². The lowest BCUT2D eigenvalue weighted by molar-refractivity contribution is -0.138. The van der Waals surface area contributed by atoms with E-state index in [2.05, 4.69) is 13.0 Å². The second kappa shape index (κ2) is 5.12. The van der Waals surface area contributed by atoms with E-state index in [0.717, 1.165) is 5.56 Å². The van der Waals surface area contributed by atoms with Crippen molar-refractivity contribution in [2.75, 3.05) is 14.1 Å². The normalized spacial score (nSPS) is 12.8. The molecule has 1 N–H and O–H groups in total. The minimum absolute atomic E-state index is 0.0585. The molecular weight excluding hydrogens is 202 g/mol. The summed E-state index contributed by atoms with van der Waals surface area (Å²) in [7, 11) is 3.81. The van der Waals surface area contributed by atoms with E-state index >= 15 is 0 Å². The molecule has 0 saturated carbocycles. The van der Waals surface area contributed by atoms with Crippen LogP contribution in [-0.4, -0.2) is 30.1 Å². The van der Waals surface area contributed by atoms with Crippen LogP contribution in [0.25, 0.3) is 0 Å². The van der Waals surface area contributed by atoms with Gasteiger partial charge in [-0.25, -0.2) is 0 Å². The second-order valence-electron chi connectivity index (χ2n) is 4.42. The monoisotopic (exact) mass is 221 g/mol. The number of hydrogen-bond acceptors (Lipinski definition) is 2. The zero-order valence-electron chi connectivity index (χ0n) is 10.3. The van der Waals surface area contributed by atoms with Crippen LogP contribution in [0.2, 0.25) is 0 Å². The molecule has 0 spiro atoms. The average Bonchev–Trinajstić information content (AvgIpc) is 2.18. The molecule has 0 aliphatic carbocycles. The molecule has 0 aliphatic heterocycles. The van der Waals surface area contributed by atoms with Gasteiger partial charge in [-0.2, -0.15) is 0 Å². The van der Waals surface area contributed by atoms with E-state index in [1.54, 1.807) is 0 Å². The molecule has 88 valence electrons. The van der Waals surface area contributed by atoms with Crippen LogP contribution in [0.15, 0.2) is 18.2 Å². The third kappa shape index (κ3) is 3.07. The zero-order valence-corrected chi connectivity index (χ0v) is 10.3. The number of benzene rings is 1. The van der Waals surface area contributed by atoms with Gasteiger partial charge in [0.15, 0.2) is 0 Å². The number of rotatable bonds is 4. The SMILES string of the molecule is Cc1ccc(C(CC(=O)O)N(C)C)cc1C. The Kier molecular flexibility index (Phi) is 4.07. The van der Waals surface area contributed by atoms with Gasteiger partial charge in [-0.3, -0.25) is 4.79 Å². The Morgan fingerprint density at radius 2 is 1.94 bits per heavy atom. The maximum Gasteiger partial charge on any atom is 0.305 e. The van der Waals surface area contributed by atoms with E-state index in [1.807, 2.05) is 38.1 Å². The highest BCUT2D eigenvalue weighted by Crippen LogP contribution is 2.23. The summed E-state index contributed by atoms with van der Waals surface area (Å²) >= 11 is 0. The Morgan fingerprint density at radius 3 is 2.38 bits per heavy atom. The highest BCUT2D eigenvalue weighted by Gasteiger charge is 2.17. The molecule has 0 fully saturated rings. The third-order valence-electron chi connectivity index (χ3n) is 2.91. The van der Waals surface area contributed by atoms with E-state index in [9.17, 15) is 4.79 Å². The van der Waals surface area contributed by atoms with E-state index in [0.29, 0.717) is 0 Å². The van der Waals surface area contributed by atoms with Crippen LogP contribution in [0.1, 0.15) is 29.2 Å². The van der Waals surface area contributed by atoms with Gasteiger partial charge in [0.2, 0.25) is 0 Å². The number of carboxylic acids is 1. The molecule has 1 aromatic rings. The summed E-state index contributed by atoms with van der Waals surface area (Å²) in [5.41, 5.74) is 3.50.